The summed E-state index contributed by atoms with van der Waals surface area (Å²) in [5.41, 5.74) is 6.18. The molecule has 0 spiro atoms. The average molecular weight is 324 g/mol. The summed E-state index contributed by atoms with van der Waals surface area (Å²) in [6.07, 6.45) is 1.67. The van der Waals surface area contributed by atoms with E-state index in [2.05, 4.69) is 16.1 Å². The summed E-state index contributed by atoms with van der Waals surface area (Å²) in [5.74, 6) is -0.0823. The first-order valence-corrected chi connectivity index (χ1v) is 8.06. The highest BCUT2D eigenvalue weighted by Crippen LogP contribution is 2.10. The van der Waals surface area contributed by atoms with E-state index in [9.17, 15) is 13.2 Å². The summed E-state index contributed by atoms with van der Waals surface area (Å²) in [6, 6.07) is 0.138. The van der Waals surface area contributed by atoms with E-state index >= 15 is 0 Å². The topological polar surface area (TPSA) is 119 Å². The maximum atomic E-state index is 11.3. The third-order valence-corrected chi connectivity index (χ3v) is 2.79. The predicted molar refractivity (Wildman–Crippen MR) is 83.1 cm³/mol. The zero-order chi connectivity index (χ0) is 17.3. The second-order valence-electron chi connectivity index (χ2n) is 5.39. The minimum absolute atomic E-state index is 0.0289. The van der Waals surface area contributed by atoms with Crippen LogP contribution in [0.2, 0.25) is 0 Å². The van der Waals surface area contributed by atoms with Gasteiger partial charge in [0.05, 0.1) is 6.61 Å². The number of nitrogens with two attached hydrogens (primary N) is 1. The fourth-order valence-corrected chi connectivity index (χ4v) is 1.69. The Hall–Kier alpha value is -0.960. The van der Waals surface area contributed by atoms with Crippen LogP contribution in [0, 0.1) is 0 Å². The minimum Gasteiger partial charge on any atom is -0.350 e. The molecule has 0 aliphatic heterocycles. The number of rotatable bonds is 7. The molecule has 4 N–H and O–H groups in total. The summed E-state index contributed by atoms with van der Waals surface area (Å²) < 4.78 is 30.7. The Kier molecular flexibility index (Phi) is 10.5. The van der Waals surface area contributed by atoms with Crippen molar-refractivity contribution < 1.29 is 21.9 Å². The SMILES string of the molecule is C=C(C)C(=O)NC(CC)CC(C)(C)N.CCOS(=O)(=O)O. The molecule has 0 fully saturated rings. The van der Waals surface area contributed by atoms with Gasteiger partial charge in [0.1, 0.15) is 0 Å². The number of amides is 1. The van der Waals surface area contributed by atoms with Crippen LogP contribution in [0.4, 0.5) is 0 Å². The van der Waals surface area contributed by atoms with Gasteiger partial charge in [0.25, 0.3) is 0 Å². The van der Waals surface area contributed by atoms with Gasteiger partial charge in [0, 0.05) is 17.2 Å². The third kappa shape index (κ3) is 17.0. The summed E-state index contributed by atoms with van der Waals surface area (Å²) in [4.78, 5) is 11.3. The number of hydrogen-bond acceptors (Lipinski definition) is 5. The van der Waals surface area contributed by atoms with Crippen molar-refractivity contribution >= 4 is 16.3 Å². The van der Waals surface area contributed by atoms with E-state index in [0.29, 0.717) is 5.57 Å². The molecular weight excluding hydrogens is 296 g/mol. The van der Waals surface area contributed by atoms with Crippen LogP contribution in [0.1, 0.15) is 47.5 Å². The van der Waals surface area contributed by atoms with Crippen molar-refractivity contribution in [1.82, 2.24) is 5.32 Å². The van der Waals surface area contributed by atoms with Crippen molar-refractivity contribution in [2.45, 2.75) is 59.0 Å². The number of hydrogen-bond donors (Lipinski definition) is 3. The lowest BCUT2D eigenvalue weighted by atomic mass is 9.95. The van der Waals surface area contributed by atoms with Gasteiger partial charge in [-0.25, -0.2) is 4.18 Å². The highest BCUT2D eigenvalue weighted by molar-refractivity contribution is 7.80. The van der Waals surface area contributed by atoms with Gasteiger partial charge in [-0.05, 0) is 40.5 Å². The molecule has 0 saturated carbocycles. The van der Waals surface area contributed by atoms with E-state index in [1.54, 1.807) is 6.92 Å². The Morgan fingerprint density at radius 2 is 1.90 bits per heavy atom. The van der Waals surface area contributed by atoms with Gasteiger partial charge in [-0.3, -0.25) is 9.35 Å². The van der Waals surface area contributed by atoms with Crippen LogP contribution in [0.5, 0.6) is 0 Å². The molecule has 0 aromatic heterocycles. The minimum atomic E-state index is -4.17. The Balaban J connectivity index is 0. The summed E-state index contributed by atoms with van der Waals surface area (Å²) in [5, 5.41) is 2.90. The first-order valence-electron chi connectivity index (χ1n) is 6.69. The molecule has 0 rings (SSSR count). The van der Waals surface area contributed by atoms with Crippen molar-refractivity contribution in [3.63, 3.8) is 0 Å². The van der Waals surface area contributed by atoms with Crippen molar-refractivity contribution in [3.8, 4) is 0 Å². The molecule has 0 aliphatic rings. The molecule has 0 radical (unpaired) electrons. The lowest BCUT2D eigenvalue weighted by Gasteiger charge is -2.26. The summed E-state index contributed by atoms with van der Waals surface area (Å²) >= 11 is 0. The van der Waals surface area contributed by atoms with Gasteiger partial charge in [-0.2, -0.15) is 8.42 Å². The van der Waals surface area contributed by atoms with Crippen LogP contribution in [-0.4, -0.2) is 37.1 Å². The number of nitrogens with one attached hydrogen (secondary N) is 1. The van der Waals surface area contributed by atoms with Crippen LogP contribution in [-0.2, 0) is 19.4 Å². The third-order valence-electron chi connectivity index (χ3n) is 2.25. The molecule has 0 aromatic rings. The van der Waals surface area contributed by atoms with Crippen molar-refractivity contribution in [3.05, 3.63) is 12.2 Å². The fraction of sp³-hybridized carbons (Fsp3) is 0.769. The maximum Gasteiger partial charge on any atom is 0.397 e. The number of carbonyl (C=O) groups excluding carboxylic acids is 1. The van der Waals surface area contributed by atoms with Crippen LogP contribution in [0.15, 0.2) is 12.2 Å². The molecule has 1 amide bonds. The maximum absolute atomic E-state index is 11.3. The zero-order valence-corrected chi connectivity index (χ0v) is 14.3. The first-order chi connectivity index (χ1) is 9.32. The van der Waals surface area contributed by atoms with Crippen molar-refractivity contribution in [2.75, 3.05) is 6.61 Å². The molecular formula is C13H28N2O5S. The van der Waals surface area contributed by atoms with Crippen LogP contribution < -0.4 is 11.1 Å². The van der Waals surface area contributed by atoms with E-state index in [1.165, 1.54) is 6.92 Å². The molecule has 0 saturated heterocycles. The quantitative estimate of drug-likeness (QED) is 0.481. The van der Waals surface area contributed by atoms with Gasteiger partial charge in [-0.15, -0.1) is 0 Å². The van der Waals surface area contributed by atoms with Crippen molar-refractivity contribution in [2.24, 2.45) is 5.73 Å². The molecule has 1 unspecified atom stereocenters. The largest absolute Gasteiger partial charge is 0.397 e. The molecule has 0 heterocycles. The van der Waals surface area contributed by atoms with E-state index in [1.807, 2.05) is 20.8 Å². The van der Waals surface area contributed by atoms with Gasteiger partial charge in [0.15, 0.2) is 0 Å². The zero-order valence-electron chi connectivity index (χ0n) is 13.5. The normalized spacial score (nSPS) is 12.9. The van der Waals surface area contributed by atoms with E-state index < -0.39 is 10.4 Å². The summed E-state index contributed by atoms with van der Waals surface area (Å²) in [6.45, 7) is 12.7. The van der Waals surface area contributed by atoms with Crippen LogP contribution in [0.3, 0.4) is 0 Å². The second-order valence-corrected chi connectivity index (χ2v) is 6.48. The highest BCUT2D eigenvalue weighted by atomic mass is 32.3. The Morgan fingerprint density at radius 1 is 1.43 bits per heavy atom. The Labute approximate surface area is 127 Å². The lowest BCUT2D eigenvalue weighted by Crippen LogP contribution is -2.43. The van der Waals surface area contributed by atoms with Crippen LogP contribution >= 0.6 is 0 Å². The molecule has 8 heteroatoms. The molecule has 0 bridgehead atoms. The van der Waals surface area contributed by atoms with Crippen LogP contribution in [0.25, 0.3) is 0 Å². The number of carbonyl (C=O) groups is 1. The standard InChI is InChI=1S/C11H22N2O.C2H6O4S/c1-6-9(7-11(4,5)12)13-10(14)8(2)3;1-2-6-7(3,4)5/h9H,2,6-7,12H2,1,3-5H3,(H,13,14);2H2,1H3,(H,3,4,5). The molecule has 0 aliphatic carbocycles. The molecule has 21 heavy (non-hydrogen) atoms. The van der Waals surface area contributed by atoms with E-state index in [0.717, 1.165) is 12.8 Å². The molecule has 1 atom stereocenters. The second kappa shape index (κ2) is 9.88. The fourth-order valence-electron chi connectivity index (χ4n) is 1.39. The smallest absolute Gasteiger partial charge is 0.350 e. The molecule has 7 nitrogen and oxygen atoms in total. The average Bonchev–Trinajstić information content (AvgIpc) is 2.25. The van der Waals surface area contributed by atoms with Gasteiger partial charge >= 0.3 is 10.4 Å². The van der Waals surface area contributed by atoms with E-state index in [-0.39, 0.29) is 24.1 Å². The van der Waals surface area contributed by atoms with Crippen molar-refractivity contribution in [1.29, 1.82) is 0 Å². The summed E-state index contributed by atoms with van der Waals surface area (Å²) in [7, 11) is -4.17. The first kappa shape index (κ1) is 22.3. The van der Waals surface area contributed by atoms with Gasteiger partial charge in [-0.1, -0.05) is 13.5 Å². The Bertz CT molecular complexity index is 426. The molecule has 0 aromatic carbocycles. The predicted octanol–water partition coefficient (Wildman–Crippen LogP) is 1.41. The molecule has 126 valence electrons. The highest BCUT2D eigenvalue weighted by Gasteiger charge is 2.19. The van der Waals surface area contributed by atoms with Gasteiger partial charge in [0.2, 0.25) is 5.91 Å². The Morgan fingerprint density at radius 3 is 2.10 bits per heavy atom. The monoisotopic (exact) mass is 324 g/mol. The lowest BCUT2D eigenvalue weighted by molar-refractivity contribution is -0.118. The van der Waals surface area contributed by atoms with Gasteiger partial charge < -0.3 is 11.1 Å². The van der Waals surface area contributed by atoms with E-state index in [4.69, 9.17) is 10.3 Å².